The lowest BCUT2D eigenvalue weighted by Gasteiger charge is -2.32. The molecule has 3 rings (SSSR count). The minimum absolute atomic E-state index is 0.102. The maximum absolute atomic E-state index is 10.9. The van der Waals surface area contributed by atoms with Crippen molar-refractivity contribution in [3.8, 4) is 0 Å². The Hall–Kier alpha value is -1.99. The molecule has 0 saturated carbocycles. The molecule has 1 aliphatic heterocycles. The Morgan fingerprint density at radius 3 is 2.79 bits per heavy atom. The zero-order chi connectivity index (χ0) is 17.1. The lowest BCUT2D eigenvalue weighted by molar-refractivity contribution is -0.384. The van der Waals surface area contributed by atoms with Gasteiger partial charge in [0.1, 0.15) is 0 Å². The van der Waals surface area contributed by atoms with Crippen LogP contribution in [-0.4, -0.2) is 45.4 Å². The highest BCUT2D eigenvalue weighted by Gasteiger charge is 2.21. The molecule has 1 fully saturated rings. The van der Waals surface area contributed by atoms with Gasteiger partial charge in [-0.2, -0.15) is 5.10 Å². The Balaban J connectivity index is 1.59. The van der Waals surface area contributed by atoms with Crippen molar-refractivity contribution in [1.29, 1.82) is 0 Å². The molecule has 2 heterocycles. The molecular weight excluding hydrogens is 308 g/mol. The Morgan fingerprint density at radius 2 is 2.12 bits per heavy atom. The Morgan fingerprint density at radius 1 is 1.38 bits per heavy atom. The highest BCUT2D eigenvalue weighted by Crippen LogP contribution is 2.22. The van der Waals surface area contributed by atoms with Crippen LogP contribution in [0.2, 0.25) is 0 Å². The molecule has 0 spiro atoms. The molecule has 1 aromatic heterocycles. The number of fused-ring (bicyclic) bond motifs is 1. The van der Waals surface area contributed by atoms with Crippen molar-refractivity contribution in [2.75, 3.05) is 19.7 Å². The van der Waals surface area contributed by atoms with Gasteiger partial charge in [0.15, 0.2) is 0 Å². The molecule has 0 N–H and O–H groups in total. The largest absolute Gasteiger partial charge is 0.378 e. The van der Waals surface area contributed by atoms with Crippen molar-refractivity contribution in [2.24, 2.45) is 5.92 Å². The van der Waals surface area contributed by atoms with Crippen molar-refractivity contribution >= 4 is 16.6 Å². The quantitative estimate of drug-likeness (QED) is 0.600. The van der Waals surface area contributed by atoms with E-state index in [2.05, 4.69) is 23.8 Å². The number of ether oxygens (including phenoxy) is 1. The molecular formula is C17H24N4O3. The fourth-order valence-electron chi connectivity index (χ4n) is 3.04. The number of rotatable bonds is 6. The molecule has 0 unspecified atom stereocenters. The average Bonchev–Trinajstić information content (AvgIpc) is 2.96. The van der Waals surface area contributed by atoms with Gasteiger partial charge in [0, 0.05) is 37.2 Å². The second-order valence-electron chi connectivity index (χ2n) is 6.83. The predicted octanol–water partition coefficient (Wildman–Crippen LogP) is 3.04. The fraction of sp³-hybridized carbons (Fsp3) is 0.588. The molecule has 0 amide bonds. The summed E-state index contributed by atoms with van der Waals surface area (Å²) in [5.74, 6) is 0.572. The molecule has 1 aromatic carbocycles. The Kier molecular flexibility index (Phi) is 5.11. The molecule has 7 heteroatoms. The van der Waals surface area contributed by atoms with Gasteiger partial charge in [-0.1, -0.05) is 13.8 Å². The van der Waals surface area contributed by atoms with E-state index in [1.165, 1.54) is 6.07 Å². The third-order valence-electron chi connectivity index (χ3n) is 4.37. The first kappa shape index (κ1) is 16.9. The first-order valence-electron chi connectivity index (χ1n) is 8.47. The highest BCUT2D eigenvalue weighted by atomic mass is 16.6. The van der Waals surface area contributed by atoms with E-state index in [1.54, 1.807) is 18.3 Å². The Labute approximate surface area is 141 Å². The maximum Gasteiger partial charge on any atom is 0.270 e. The topological polar surface area (TPSA) is 73.4 Å². The third kappa shape index (κ3) is 3.91. The van der Waals surface area contributed by atoms with E-state index < -0.39 is 0 Å². The van der Waals surface area contributed by atoms with Crippen LogP contribution >= 0.6 is 0 Å². The maximum atomic E-state index is 10.9. The lowest BCUT2D eigenvalue weighted by atomic mass is 10.1. The molecule has 2 aromatic rings. The molecule has 1 saturated heterocycles. The lowest BCUT2D eigenvalue weighted by Crippen LogP contribution is -2.38. The number of nitrogens with zero attached hydrogens (tertiary/aromatic N) is 4. The molecule has 1 aliphatic rings. The summed E-state index contributed by atoms with van der Waals surface area (Å²) in [5, 5.41) is 16.0. The summed E-state index contributed by atoms with van der Waals surface area (Å²) in [4.78, 5) is 12.8. The predicted molar refractivity (Wildman–Crippen MR) is 91.8 cm³/mol. The monoisotopic (exact) mass is 332 g/mol. The second kappa shape index (κ2) is 7.27. The summed E-state index contributed by atoms with van der Waals surface area (Å²) >= 11 is 0. The van der Waals surface area contributed by atoms with Crippen LogP contribution < -0.4 is 0 Å². The SMILES string of the molecule is CC(C)COC1CCN(Cn2ncc3cc([N+](=O)[O-])ccc32)CC1. The van der Waals surface area contributed by atoms with Crippen molar-refractivity contribution in [3.05, 3.63) is 34.5 Å². The van der Waals surface area contributed by atoms with Gasteiger partial charge >= 0.3 is 0 Å². The first-order chi connectivity index (χ1) is 11.5. The van der Waals surface area contributed by atoms with Crippen LogP contribution in [0.1, 0.15) is 26.7 Å². The number of nitro groups is 1. The number of non-ortho nitro benzene ring substituents is 1. The van der Waals surface area contributed by atoms with Crippen LogP contribution in [0.5, 0.6) is 0 Å². The van der Waals surface area contributed by atoms with E-state index in [-0.39, 0.29) is 10.6 Å². The van der Waals surface area contributed by atoms with Crippen molar-refractivity contribution < 1.29 is 9.66 Å². The molecule has 0 bridgehead atoms. The zero-order valence-electron chi connectivity index (χ0n) is 14.2. The van der Waals surface area contributed by atoms with Gasteiger partial charge in [0.2, 0.25) is 0 Å². The second-order valence-corrected chi connectivity index (χ2v) is 6.83. The van der Waals surface area contributed by atoms with Gasteiger partial charge in [-0.15, -0.1) is 0 Å². The standard InChI is InChI=1S/C17H24N4O3/c1-13(2)11-24-16-5-7-19(8-6-16)12-20-17-4-3-15(21(22)23)9-14(17)10-18-20/h3-4,9-10,13,16H,5-8,11-12H2,1-2H3. The number of piperidine rings is 1. The number of nitro benzene ring substituents is 1. The summed E-state index contributed by atoms with van der Waals surface area (Å²) in [7, 11) is 0. The summed E-state index contributed by atoms with van der Waals surface area (Å²) in [5.41, 5.74) is 1.03. The normalized spacial score (nSPS) is 17.0. The van der Waals surface area contributed by atoms with Crippen molar-refractivity contribution in [1.82, 2.24) is 14.7 Å². The van der Waals surface area contributed by atoms with Crippen LogP contribution in [-0.2, 0) is 11.4 Å². The molecule has 24 heavy (non-hydrogen) atoms. The first-order valence-corrected chi connectivity index (χ1v) is 8.47. The van der Waals surface area contributed by atoms with Crippen molar-refractivity contribution in [3.63, 3.8) is 0 Å². The van der Waals surface area contributed by atoms with E-state index in [1.807, 2.05) is 4.68 Å². The van der Waals surface area contributed by atoms with E-state index in [4.69, 9.17) is 4.74 Å². The molecule has 0 aliphatic carbocycles. The average molecular weight is 332 g/mol. The van der Waals surface area contributed by atoms with E-state index in [0.29, 0.717) is 18.7 Å². The van der Waals surface area contributed by atoms with Gasteiger partial charge < -0.3 is 4.74 Å². The van der Waals surface area contributed by atoms with E-state index in [9.17, 15) is 10.1 Å². The van der Waals surface area contributed by atoms with Crippen LogP contribution in [0, 0.1) is 16.0 Å². The zero-order valence-corrected chi connectivity index (χ0v) is 14.2. The third-order valence-corrected chi connectivity index (χ3v) is 4.37. The molecule has 7 nitrogen and oxygen atoms in total. The van der Waals surface area contributed by atoms with E-state index in [0.717, 1.165) is 43.4 Å². The summed E-state index contributed by atoms with van der Waals surface area (Å²) in [6.45, 7) is 7.84. The summed E-state index contributed by atoms with van der Waals surface area (Å²) in [6, 6.07) is 4.89. The number of hydrogen-bond acceptors (Lipinski definition) is 5. The fourth-order valence-corrected chi connectivity index (χ4v) is 3.04. The smallest absolute Gasteiger partial charge is 0.270 e. The molecule has 0 atom stereocenters. The molecule has 0 radical (unpaired) electrons. The number of benzene rings is 1. The van der Waals surface area contributed by atoms with Gasteiger partial charge in [-0.05, 0) is 24.8 Å². The molecule has 130 valence electrons. The number of likely N-dealkylation sites (tertiary alicyclic amines) is 1. The van der Waals surface area contributed by atoms with Gasteiger partial charge in [0.05, 0.1) is 29.4 Å². The van der Waals surface area contributed by atoms with Crippen LogP contribution in [0.3, 0.4) is 0 Å². The van der Waals surface area contributed by atoms with Crippen LogP contribution in [0.25, 0.3) is 10.9 Å². The van der Waals surface area contributed by atoms with Crippen molar-refractivity contribution in [2.45, 2.75) is 39.5 Å². The van der Waals surface area contributed by atoms with Crippen LogP contribution in [0.4, 0.5) is 5.69 Å². The highest BCUT2D eigenvalue weighted by molar-refractivity contribution is 5.81. The van der Waals surface area contributed by atoms with Gasteiger partial charge in [0.25, 0.3) is 5.69 Å². The van der Waals surface area contributed by atoms with Crippen LogP contribution in [0.15, 0.2) is 24.4 Å². The summed E-state index contributed by atoms with van der Waals surface area (Å²) < 4.78 is 7.83. The van der Waals surface area contributed by atoms with Gasteiger partial charge in [-0.25, -0.2) is 0 Å². The number of aromatic nitrogens is 2. The summed E-state index contributed by atoms with van der Waals surface area (Å²) in [6.07, 6.45) is 4.14. The van der Waals surface area contributed by atoms with Gasteiger partial charge in [-0.3, -0.25) is 19.7 Å². The minimum atomic E-state index is -0.376. The van der Waals surface area contributed by atoms with E-state index >= 15 is 0 Å². The number of hydrogen-bond donors (Lipinski definition) is 0. The Bertz CT molecular complexity index is 705. The minimum Gasteiger partial charge on any atom is -0.378 e.